The molecule has 1 aromatic rings. The average molecular weight is 307 g/mol. The highest BCUT2D eigenvalue weighted by atomic mass is 35.5. The first kappa shape index (κ1) is 14.8. The van der Waals surface area contributed by atoms with Gasteiger partial charge < -0.3 is 10.3 Å². The Bertz CT molecular complexity index is 523. The van der Waals surface area contributed by atoms with E-state index in [0.29, 0.717) is 6.54 Å². The number of aromatic nitrogens is 2. The number of aryl methyl sites for hydroxylation is 1. The minimum absolute atomic E-state index is 0.0404. The smallest absolute Gasteiger partial charge is 0.259 e. The topological polar surface area (TPSA) is 90.0 Å². The van der Waals surface area contributed by atoms with Crippen molar-refractivity contribution in [2.45, 2.75) is 36.8 Å². The number of sulfonamides is 1. The monoisotopic (exact) mass is 306 g/mol. The highest BCUT2D eigenvalue weighted by molar-refractivity contribution is 7.89. The lowest BCUT2D eigenvalue weighted by molar-refractivity contribution is 0.296. The van der Waals surface area contributed by atoms with E-state index in [0.717, 1.165) is 25.7 Å². The first-order valence-electron chi connectivity index (χ1n) is 6.35. The summed E-state index contributed by atoms with van der Waals surface area (Å²) in [6.07, 6.45) is 5.32. The predicted molar refractivity (Wildman–Crippen MR) is 73.3 cm³/mol. The lowest BCUT2D eigenvalue weighted by Crippen LogP contribution is -2.44. The Balaban J connectivity index is 2.16. The standard InChI is InChI=1S/C11H19ClN4O2S/c1-16-7-10(14-11(16)12)19(17,18)15-9-5-3-2-4-8(9)6-13/h7-9,15H,2-6,13H2,1H3/t8-,9-/m0/s1. The zero-order chi connectivity index (χ0) is 14.0. The van der Waals surface area contributed by atoms with Crippen molar-refractivity contribution in [2.75, 3.05) is 6.54 Å². The largest absolute Gasteiger partial charge is 0.330 e. The van der Waals surface area contributed by atoms with Gasteiger partial charge in [0.25, 0.3) is 10.0 Å². The van der Waals surface area contributed by atoms with Crippen LogP contribution in [-0.4, -0.2) is 30.6 Å². The maximum absolute atomic E-state index is 12.2. The van der Waals surface area contributed by atoms with E-state index in [9.17, 15) is 8.42 Å². The number of hydrogen-bond donors (Lipinski definition) is 2. The Kier molecular flexibility index (Phi) is 4.50. The van der Waals surface area contributed by atoms with Crippen LogP contribution in [0.25, 0.3) is 0 Å². The molecule has 2 atom stereocenters. The summed E-state index contributed by atoms with van der Waals surface area (Å²) in [4.78, 5) is 3.84. The van der Waals surface area contributed by atoms with E-state index in [1.165, 1.54) is 10.8 Å². The molecule has 0 unspecified atom stereocenters. The summed E-state index contributed by atoms with van der Waals surface area (Å²) in [5.41, 5.74) is 5.70. The van der Waals surface area contributed by atoms with Gasteiger partial charge in [0.2, 0.25) is 5.28 Å². The average Bonchev–Trinajstić information content (AvgIpc) is 2.71. The van der Waals surface area contributed by atoms with E-state index in [2.05, 4.69) is 9.71 Å². The van der Waals surface area contributed by atoms with Crippen molar-refractivity contribution in [2.24, 2.45) is 18.7 Å². The molecule has 0 radical (unpaired) electrons. The van der Waals surface area contributed by atoms with E-state index in [1.54, 1.807) is 7.05 Å². The fourth-order valence-electron chi connectivity index (χ4n) is 2.45. The van der Waals surface area contributed by atoms with E-state index >= 15 is 0 Å². The molecule has 6 nitrogen and oxygen atoms in total. The molecule has 1 aliphatic carbocycles. The number of imidazole rings is 1. The van der Waals surface area contributed by atoms with Gasteiger partial charge in [-0.15, -0.1) is 0 Å². The van der Waals surface area contributed by atoms with Crippen LogP contribution >= 0.6 is 11.6 Å². The van der Waals surface area contributed by atoms with Gasteiger partial charge in [-0.25, -0.2) is 18.1 Å². The second-order valence-electron chi connectivity index (χ2n) is 4.97. The Morgan fingerprint density at radius 1 is 1.53 bits per heavy atom. The highest BCUT2D eigenvalue weighted by Gasteiger charge is 2.29. The van der Waals surface area contributed by atoms with Crippen molar-refractivity contribution in [1.29, 1.82) is 0 Å². The Labute approximate surface area is 118 Å². The molecule has 0 amide bonds. The van der Waals surface area contributed by atoms with Gasteiger partial charge in [-0.1, -0.05) is 12.8 Å². The number of halogens is 1. The summed E-state index contributed by atoms with van der Waals surface area (Å²) in [6.45, 7) is 0.496. The van der Waals surface area contributed by atoms with Crippen LogP contribution in [0.1, 0.15) is 25.7 Å². The summed E-state index contributed by atoms with van der Waals surface area (Å²) < 4.78 is 28.7. The second kappa shape index (κ2) is 5.78. The van der Waals surface area contributed by atoms with Gasteiger partial charge >= 0.3 is 0 Å². The van der Waals surface area contributed by atoms with Crippen LogP contribution in [-0.2, 0) is 17.1 Å². The van der Waals surface area contributed by atoms with Gasteiger partial charge in [0.15, 0.2) is 5.03 Å². The van der Waals surface area contributed by atoms with Gasteiger partial charge in [-0.2, -0.15) is 0 Å². The molecule has 0 aliphatic heterocycles. The Morgan fingerprint density at radius 3 is 2.79 bits per heavy atom. The van der Waals surface area contributed by atoms with Crippen molar-refractivity contribution in [3.8, 4) is 0 Å². The van der Waals surface area contributed by atoms with Crippen LogP contribution in [0.3, 0.4) is 0 Å². The first-order valence-corrected chi connectivity index (χ1v) is 8.21. The fraction of sp³-hybridized carbons (Fsp3) is 0.727. The summed E-state index contributed by atoms with van der Waals surface area (Å²) in [6, 6.07) is -0.107. The predicted octanol–water partition coefficient (Wildman–Crippen LogP) is 0.869. The minimum atomic E-state index is -3.63. The van der Waals surface area contributed by atoms with Crippen molar-refractivity contribution >= 4 is 21.6 Å². The molecule has 108 valence electrons. The highest BCUT2D eigenvalue weighted by Crippen LogP contribution is 2.25. The van der Waals surface area contributed by atoms with E-state index in [-0.39, 0.29) is 22.3 Å². The third-order valence-corrected chi connectivity index (χ3v) is 5.30. The maximum atomic E-state index is 12.2. The maximum Gasteiger partial charge on any atom is 0.259 e. The molecule has 8 heteroatoms. The zero-order valence-corrected chi connectivity index (χ0v) is 12.4. The van der Waals surface area contributed by atoms with Crippen LogP contribution in [0.4, 0.5) is 0 Å². The SMILES string of the molecule is Cn1cc(S(=O)(=O)N[C@H]2CCCC[C@H]2CN)nc1Cl. The molecule has 0 bridgehead atoms. The van der Waals surface area contributed by atoms with Gasteiger partial charge in [0, 0.05) is 19.3 Å². The first-order chi connectivity index (χ1) is 8.94. The summed E-state index contributed by atoms with van der Waals surface area (Å²) in [5.74, 6) is 0.197. The van der Waals surface area contributed by atoms with E-state index in [1.807, 2.05) is 0 Å². The second-order valence-corrected chi connectivity index (χ2v) is 6.97. The van der Waals surface area contributed by atoms with Crippen LogP contribution in [0, 0.1) is 5.92 Å². The molecular formula is C11H19ClN4O2S. The van der Waals surface area contributed by atoms with E-state index in [4.69, 9.17) is 17.3 Å². The van der Waals surface area contributed by atoms with Crippen LogP contribution in [0.2, 0.25) is 5.28 Å². The molecule has 3 N–H and O–H groups in total. The lowest BCUT2D eigenvalue weighted by Gasteiger charge is -2.30. The molecule has 2 rings (SSSR count). The molecule has 19 heavy (non-hydrogen) atoms. The van der Waals surface area contributed by atoms with Crippen LogP contribution in [0.15, 0.2) is 11.2 Å². The molecule has 1 aliphatic rings. The van der Waals surface area contributed by atoms with Gasteiger partial charge in [-0.05, 0) is 36.9 Å². The van der Waals surface area contributed by atoms with Crippen molar-refractivity contribution in [3.63, 3.8) is 0 Å². The Hall–Kier alpha value is -0.630. The zero-order valence-electron chi connectivity index (χ0n) is 10.8. The fourth-order valence-corrected chi connectivity index (χ4v) is 3.97. The minimum Gasteiger partial charge on any atom is -0.330 e. The molecule has 1 aromatic heterocycles. The third kappa shape index (κ3) is 3.28. The number of hydrogen-bond acceptors (Lipinski definition) is 4. The quantitative estimate of drug-likeness (QED) is 0.863. The number of nitrogens with two attached hydrogens (primary N) is 1. The Morgan fingerprint density at radius 2 is 2.21 bits per heavy atom. The van der Waals surface area contributed by atoms with Crippen LogP contribution in [0.5, 0.6) is 0 Å². The van der Waals surface area contributed by atoms with Crippen molar-refractivity contribution in [3.05, 3.63) is 11.5 Å². The number of nitrogens with one attached hydrogen (secondary N) is 1. The van der Waals surface area contributed by atoms with Gasteiger partial charge in [0.05, 0.1) is 0 Å². The van der Waals surface area contributed by atoms with Gasteiger partial charge in [0.1, 0.15) is 0 Å². The molecule has 1 fully saturated rings. The summed E-state index contributed by atoms with van der Waals surface area (Å²) in [5, 5.41) is 0.112. The molecule has 0 aromatic carbocycles. The lowest BCUT2D eigenvalue weighted by atomic mass is 9.85. The van der Waals surface area contributed by atoms with E-state index < -0.39 is 10.0 Å². The normalized spacial score (nSPS) is 24.6. The van der Waals surface area contributed by atoms with Gasteiger partial charge in [-0.3, -0.25) is 0 Å². The number of nitrogens with zero attached hydrogens (tertiary/aromatic N) is 2. The number of rotatable bonds is 4. The summed E-state index contributed by atoms with van der Waals surface area (Å²) in [7, 11) is -1.98. The molecule has 1 heterocycles. The molecule has 0 spiro atoms. The third-order valence-electron chi connectivity index (χ3n) is 3.59. The van der Waals surface area contributed by atoms with Crippen molar-refractivity contribution in [1.82, 2.24) is 14.3 Å². The van der Waals surface area contributed by atoms with Crippen molar-refractivity contribution < 1.29 is 8.42 Å². The summed E-state index contributed by atoms with van der Waals surface area (Å²) >= 11 is 5.77. The molecule has 1 saturated carbocycles. The molecular weight excluding hydrogens is 288 g/mol. The van der Waals surface area contributed by atoms with Crippen LogP contribution < -0.4 is 10.5 Å². The molecule has 0 saturated heterocycles.